The third-order valence-electron chi connectivity index (χ3n) is 3.47. The Hall–Kier alpha value is -3.19. The van der Waals surface area contributed by atoms with E-state index in [0.717, 1.165) is 5.56 Å². The molecule has 0 heterocycles. The van der Waals surface area contributed by atoms with Gasteiger partial charge < -0.3 is 15.7 Å². The number of nitrogens with zero attached hydrogens (tertiary/aromatic N) is 1. The molecule has 4 N–H and O–H groups in total. The van der Waals surface area contributed by atoms with Crippen molar-refractivity contribution < 1.29 is 19.5 Å². The lowest BCUT2D eigenvalue weighted by Gasteiger charge is -2.21. The van der Waals surface area contributed by atoms with Crippen molar-refractivity contribution in [1.29, 1.82) is 0 Å². The fourth-order valence-electron chi connectivity index (χ4n) is 2.18. The number of aliphatic hydroxyl groups is 1. The van der Waals surface area contributed by atoms with Crippen LogP contribution in [0.5, 0.6) is 0 Å². The molecule has 0 spiro atoms. The van der Waals surface area contributed by atoms with Crippen LogP contribution in [0, 0.1) is 0 Å². The predicted octanol–water partition coefficient (Wildman–Crippen LogP) is 0.546. The summed E-state index contributed by atoms with van der Waals surface area (Å²) in [5, 5.41) is 11.2. The van der Waals surface area contributed by atoms with Gasteiger partial charge in [-0.2, -0.15) is 0 Å². The second-order valence-electron chi connectivity index (χ2n) is 5.34. The average molecular weight is 341 g/mol. The van der Waals surface area contributed by atoms with Crippen molar-refractivity contribution in [2.45, 2.75) is 6.54 Å². The molecule has 0 unspecified atom stereocenters. The molecule has 0 bridgehead atoms. The number of nitrogens with two attached hydrogens (primary N) is 1. The summed E-state index contributed by atoms with van der Waals surface area (Å²) in [6.45, 7) is -0.154. The minimum Gasteiger partial charge on any atom is -0.399 e. The molecule has 2 rings (SSSR count). The second kappa shape index (κ2) is 8.60. The molecule has 0 aromatic heterocycles. The number of imide groups is 1. The van der Waals surface area contributed by atoms with Gasteiger partial charge in [-0.15, -0.1) is 0 Å². The van der Waals surface area contributed by atoms with E-state index in [9.17, 15) is 14.4 Å². The summed E-state index contributed by atoms with van der Waals surface area (Å²) in [6, 6.07) is 15.0. The van der Waals surface area contributed by atoms with Crippen molar-refractivity contribution in [2.75, 3.05) is 18.9 Å². The smallest absolute Gasteiger partial charge is 0.316 e. The first-order valence-electron chi connectivity index (χ1n) is 7.66. The van der Waals surface area contributed by atoms with E-state index in [1.165, 1.54) is 29.2 Å². The van der Waals surface area contributed by atoms with Gasteiger partial charge in [0.2, 0.25) is 0 Å². The van der Waals surface area contributed by atoms with E-state index in [2.05, 4.69) is 0 Å². The quantitative estimate of drug-likeness (QED) is 0.543. The van der Waals surface area contributed by atoms with Gasteiger partial charge in [0.15, 0.2) is 0 Å². The molecule has 7 nitrogen and oxygen atoms in total. The van der Waals surface area contributed by atoms with Crippen molar-refractivity contribution in [1.82, 2.24) is 10.2 Å². The van der Waals surface area contributed by atoms with Crippen LogP contribution < -0.4 is 11.1 Å². The van der Waals surface area contributed by atoms with Gasteiger partial charge in [0.25, 0.3) is 5.91 Å². The van der Waals surface area contributed by atoms with Crippen LogP contribution in [-0.4, -0.2) is 40.9 Å². The molecule has 7 heteroatoms. The standard InChI is InChI=1S/C18H19N3O4/c19-15-8-6-14(7-9-15)16(23)20-17(24)18(25)21(10-11-22)12-13-4-2-1-3-5-13/h1-9,22H,10-12,19H2,(H,20,23,24). The molecule has 0 aliphatic carbocycles. The predicted molar refractivity (Wildman–Crippen MR) is 92.3 cm³/mol. The normalized spacial score (nSPS) is 10.1. The number of hydrogen-bond acceptors (Lipinski definition) is 5. The molecule has 0 radical (unpaired) electrons. The molecule has 0 saturated carbocycles. The lowest BCUT2D eigenvalue weighted by molar-refractivity contribution is -0.146. The number of nitrogens with one attached hydrogen (secondary N) is 1. The highest BCUT2D eigenvalue weighted by Crippen LogP contribution is 2.07. The zero-order chi connectivity index (χ0) is 18.2. The molecule has 3 amide bonds. The molecular formula is C18H19N3O4. The zero-order valence-electron chi connectivity index (χ0n) is 13.5. The van der Waals surface area contributed by atoms with Crippen LogP contribution >= 0.6 is 0 Å². The van der Waals surface area contributed by atoms with E-state index in [-0.39, 0.29) is 25.3 Å². The number of rotatable bonds is 5. The Morgan fingerprint density at radius 2 is 1.64 bits per heavy atom. The number of benzene rings is 2. The number of carbonyl (C=O) groups excluding carboxylic acids is 3. The maximum atomic E-state index is 12.3. The molecule has 0 saturated heterocycles. The van der Waals surface area contributed by atoms with E-state index >= 15 is 0 Å². The number of carbonyl (C=O) groups is 3. The van der Waals surface area contributed by atoms with E-state index in [0.29, 0.717) is 5.69 Å². The van der Waals surface area contributed by atoms with Crippen molar-refractivity contribution in [2.24, 2.45) is 0 Å². The Balaban J connectivity index is 2.03. The van der Waals surface area contributed by atoms with Crippen LogP contribution in [0.25, 0.3) is 0 Å². The molecule has 0 fully saturated rings. The molecule has 25 heavy (non-hydrogen) atoms. The Kier molecular flexibility index (Phi) is 6.25. The van der Waals surface area contributed by atoms with Crippen LogP contribution in [0.3, 0.4) is 0 Å². The number of aliphatic hydroxyl groups excluding tert-OH is 1. The summed E-state index contributed by atoms with van der Waals surface area (Å²) in [6.07, 6.45) is 0. The fraction of sp³-hybridized carbons (Fsp3) is 0.167. The minimum atomic E-state index is -1.05. The van der Waals surface area contributed by atoms with Crippen LogP contribution in [0.2, 0.25) is 0 Å². The van der Waals surface area contributed by atoms with E-state index in [1.54, 1.807) is 12.1 Å². The number of nitrogen functional groups attached to an aromatic ring is 1. The van der Waals surface area contributed by atoms with Gasteiger partial charge in [-0.3, -0.25) is 19.7 Å². The highest BCUT2D eigenvalue weighted by Gasteiger charge is 2.24. The Morgan fingerprint density at radius 1 is 1.00 bits per heavy atom. The van der Waals surface area contributed by atoms with Crippen molar-refractivity contribution in [3.05, 3.63) is 65.7 Å². The molecular weight excluding hydrogens is 322 g/mol. The summed E-state index contributed by atoms with van der Waals surface area (Å²) < 4.78 is 0. The van der Waals surface area contributed by atoms with E-state index in [1.807, 2.05) is 23.5 Å². The van der Waals surface area contributed by atoms with Gasteiger partial charge in [-0.25, -0.2) is 0 Å². The third-order valence-corrected chi connectivity index (χ3v) is 3.47. The Labute approximate surface area is 145 Å². The first-order chi connectivity index (χ1) is 12.0. The molecule has 0 aliphatic rings. The summed E-state index contributed by atoms with van der Waals surface area (Å²) in [5.74, 6) is -2.63. The summed E-state index contributed by atoms with van der Waals surface area (Å²) in [4.78, 5) is 37.6. The third kappa shape index (κ3) is 5.15. The molecule has 130 valence electrons. The zero-order valence-corrected chi connectivity index (χ0v) is 13.5. The van der Waals surface area contributed by atoms with E-state index in [4.69, 9.17) is 10.8 Å². The van der Waals surface area contributed by atoms with Crippen molar-refractivity contribution in [3.8, 4) is 0 Å². The fourth-order valence-corrected chi connectivity index (χ4v) is 2.18. The SMILES string of the molecule is Nc1ccc(C(=O)NC(=O)C(=O)N(CCO)Cc2ccccc2)cc1. The largest absolute Gasteiger partial charge is 0.399 e. The van der Waals surface area contributed by atoms with Gasteiger partial charge >= 0.3 is 11.8 Å². The van der Waals surface area contributed by atoms with Gasteiger partial charge in [-0.05, 0) is 29.8 Å². The average Bonchev–Trinajstić information content (AvgIpc) is 2.62. The first-order valence-corrected chi connectivity index (χ1v) is 7.66. The Bertz CT molecular complexity index is 745. The number of anilines is 1. The van der Waals surface area contributed by atoms with Gasteiger partial charge in [-0.1, -0.05) is 30.3 Å². The lowest BCUT2D eigenvalue weighted by Crippen LogP contribution is -2.45. The summed E-state index contributed by atoms with van der Waals surface area (Å²) in [5.41, 5.74) is 7.04. The molecule has 0 atom stereocenters. The number of hydrogen-bond donors (Lipinski definition) is 3. The monoisotopic (exact) mass is 341 g/mol. The lowest BCUT2D eigenvalue weighted by atomic mass is 10.2. The maximum Gasteiger partial charge on any atom is 0.316 e. The maximum absolute atomic E-state index is 12.3. The molecule has 2 aromatic rings. The number of amides is 3. The summed E-state index contributed by atoms with van der Waals surface area (Å²) in [7, 11) is 0. The molecule has 0 aliphatic heterocycles. The van der Waals surface area contributed by atoms with Gasteiger partial charge in [0.05, 0.1) is 6.61 Å². The van der Waals surface area contributed by atoms with Crippen LogP contribution in [0.1, 0.15) is 15.9 Å². The van der Waals surface area contributed by atoms with E-state index < -0.39 is 17.7 Å². The first kappa shape index (κ1) is 18.2. The summed E-state index contributed by atoms with van der Waals surface area (Å²) >= 11 is 0. The van der Waals surface area contributed by atoms with Gasteiger partial charge in [0, 0.05) is 24.3 Å². The van der Waals surface area contributed by atoms with Gasteiger partial charge in [0.1, 0.15) is 0 Å². The highest BCUT2D eigenvalue weighted by atomic mass is 16.3. The van der Waals surface area contributed by atoms with Crippen LogP contribution in [0.15, 0.2) is 54.6 Å². The van der Waals surface area contributed by atoms with Crippen molar-refractivity contribution >= 4 is 23.4 Å². The second-order valence-corrected chi connectivity index (χ2v) is 5.34. The molecule has 2 aromatic carbocycles. The minimum absolute atomic E-state index is 0.0167. The van der Waals surface area contributed by atoms with Crippen LogP contribution in [-0.2, 0) is 16.1 Å². The highest BCUT2D eigenvalue weighted by molar-refractivity contribution is 6.38. The topological polar surface area (TPSA) is 113 Å². The van der Waals surface area contributed by atoms with Crippen LogP contribution in [0.4, 0.5) is 5.69 Å². The Morgan fingerprint density at radius 3 is 2.24 bits per heavy atom. The van der Waals surface area contributed by atoms with Crippen molar-refractivity contribution in [3.63, 3.8) is 0 Å².